The van der Waals surface area contributed by atoms with Crippen LogP contribution in [-0.2, 0) is 0 Å². The van der Waals surface area contributed by atoms with Gasteiger partial charge in [0, 0.05) is 17.1 Å². The van der Waals surface area contributed by atoms with Gasteiger partial charge in [0.05, 0.1) is 5.37 Å². The van der Waals surface area contributed by atoms with Crippen LogP contribution in [0.3, 0.4) is 0 Å². The monoisotopic (exact) mass is 180 g/mol. The van der Waals surface area contributed by atoms with Gasteiger partial charge in [0.25, 0.3) is 0 Å². The average molecular weight is 180 g/mol. The molecule has 0 amide bonds. The zero-order chi connectivity index (χ0) is 8.39. The molecule has 0 radical (unpaired) electrons. The van der Waals surface area contributed by atoms with Gasteiger partial charge in [0.2, 0.25) is 0 Å². The van der Waals surface area contributed by atoms with Crippen LogP contribution in [0.4, 0.5) is 5.69 Å². The molecule has 0 aliphatic carbocycles. The molecular formula is C9H12N2S. The summed E-state index contributed by atoms with van der Waals surface area (Å²) in [5.41, 5.74) is 7.09. The summed E-state index contributed by atoms with van der Waals surface area (Å²) in [5.74, 6) is 0. The number of fused-ring (bicyclic) bond motifs is 1. The number of hydrogen-bond acceptors (Lipinski definition) is 3. The van der Waals surface area contributed by atoms with E-state index in [1.165, 1.54) is 10.6 Å². The summed E-state index contributed by atoms with van der Waals surface area (Å²) in [6.07, 6.45) is 1.03. The van der Waals surface area contributed by atoms with Crippen LogP contribution in [-0.4, -0.2) is 11.9 Å². The molecule has 64 valence electrons. The predicted molar refractivity (Wildman–Crippen MR) is 53.4 cm³/mol. The molecule has 1 aromatic rings. The lowest BCUT2D eigenvalue weighted by molar-refractivity contribution is 0.830. The maximum absolute atomic E-state index is 5.87. The van der Waals surface area contributed by atoms with Crippen LogP contribution in [0.15, 0.2) is 29.2 Å². The van der Waals surface area contributed by atoms with Crippen molar-refractivity contribution in [1.29, 1.82) is 0 Å². The Morgan fingerprint density at radius 1 is 1.42 bits per heavy atom. The van der Waals surface area contributed by atoms with Crippen LogP contribution >= 0.6 is 11.8 Å². The minimum absolute atomic E-state index is 0.237. The molecular weight excluding hydrogens is 168 g/mol. The summed E-state index contributed by atoms with van der Waals surface area (Å²) in [5, 5.41) is 3.59. The molecule has 1 aliphatic heterocycles. The van der Waals surface area contributed by atoms with E-state index in [0.29, 0.717) is 0 Å². The van der Waals surface area contributed by atoms with Crippen LogP contribution < -0.4 is 11.1 Å². The van der Waals surface area contributed by atoms with E-state index in [1.807, 2.05) is 12.1 Å². The molecule has 0 unspecified atom stereocenters. The third-order valence-corrected chi connectivity index (χ3v) is 3.06. The van der Waals surface area contributed by atoms with Crippen LogP contribution in [0.1, 0.15) is 6.42 Å². The van der Waals surface area contributed by atoms with Crippen LogP contribution in [0, 0.1) is 0 Å². The highest BCUT2D eigenvalue weighted by molar-refractivity contribution is 8.00. The summed E-state index contributed by atoms with van der Waals surface area (Å²) in [4.78, 5) is 1.27. The number of rotatable bonds is 0. The molecule has 3 heteroatoms. The van der Waals surface area contributed by atoms with E-state index in [2.05, 4.69) is 17.4 Å². The van der Waals surface area contributed by atoms with Gasteiger partial charge in [-0.1, -0.05) is 12.1 Å². The molecule has 3 N–H and O–H groups in total. The van der Waals surface area contributed by atoms with Crippen LogP contribution in [0.2, 0.25) is 0 Å². The highest BCUT2D eigenvalue weighted by Gasteiger charge is 2.11. The second-order valence-corrected chi connectivity index (χ2v) is 4.15. The quantitative estimate of drug-likeness (QED) is 0.640. The van der Waals surface area contributed by atoms with Crippen molar-refractivity contribution in [2.75, 3.05) is 11.9 Å². The van der Waals surface area contributed by atoms with Crippen molar-refractivity contribution in [3.05, 3.63) is 24.3 Å². The maximum atomic E-state index is 5.87. The number of hydrogen-bond donors (Lipinski definition) is 2. The lowest BCUT2D eigenvalue weighted by atomic mass is 10.3. The molecule has 0 bridgehead atoms. The Bertz CT molecular complexity index is 275. The third kappa shape index (κ3) is 1.57. The van der Waals surface area contributed by atoms with E-state index < -0.39 is 0 Å². The smallest absolute Gasteiger partial charge is 0.0572 e. The van der Waals surface area contributed by atoms with Crippen LogP contribution in [0.5, 0.6) is 0 Å². The zero-order valence-electron chi connectivity index (χ0n) is 6.79. The molecule has 0 aromatic heterocycles. The van der Waals surface area contributed by atoms with Gasteiger partial charge in [-0.3, -0.25) is 0 Å². The second kappa shape index (κ2) is 3.37. The summed E-state index contributed by atoms with van der Waals surface area (Å²) in [7, 11) is 0. The molecule has 2 rings (SSSR count). The van der Waals surface area contributed by atoms with Gasteiger partial charge < -0.3 is 11.1 Å². The number of benzene rings is 1. The van der Waals surface area contributed by atoms with Crippen molar-refractivity contribution in [2.45, 2.75) is 16.7 Å². The maximum Gasteiger partial charge on any atom is 0.0572 e. The van der Waals surface area contributed by atoms with Gasteiger partial charge in [-0.25, -0.2) is 0 Å². The fourth-order valence-electron chi connectivity index (χ4n) is 1.29. The van der Waals surface area contributed by atoms with Crippen molar-refractivity contribution in [3.63, 3.8) is 0 Å². The average Bonchev–Trinajstić information content (AvgIpc) is 2.25. The van der Waals surface area contributed by atoms with Gasteiger partial charge in [-0.15, -0.1) is 11.8 Å². The number of para-hydroxylation sites is 1. The van der Waals surface area contributed by atoms with Crippen molar-refractivity contribution in [2.24, 2.45) is 5.73 Å². The molecule has 1 heterocycles. The highest BCUT2D eigenvalue weighted by Crippen LogP contribution is 2.31. The minimum Gasteiger partial charge on any atom is -0.384 e. The predicted octanol–water partition coefficient (Wildman–Crippen LogP) is 1.88. The van der Waals surface area contributed by atoms with Crippen molar-refractivity contribution < 1.29 is 0 Å². The summed E-state index contributed by atoms with van der Waals surface area (Å²) < 4.78 is 0. The van der Waals surface area contributed by atoms with Gasteiger partial charge in [-0.05, 0) is 18.6 Å². The topological polar surface area (TPSA) is 38.0 Å². The number of anilines is 1. The Kier molecular flexibility index (Phi) is 2.23. The fourth-order valence-corrected chi connectivity index (χ4v) is 2.27. The standard InChI is InChI=1S/C9H12N2S/c10-9-5-6-11-7-3-1-2-4-8(7)12-9/h1-4,9,11H,5-6,10H2/t9-/m0/s1. The molecule has 12 heavy (non-hydrogen) atoms. The van der Waals surface area contributed by atoms with Gasteiger partial charge in [-0.2, -0.15) is 0 Å². The number of thioether (sulfide) groups is 1. The normalized spacial score (nSPS) is 22.2. The summed E-state index contributed by atoms with van der Waals surface area (Å²) >= 11 is 1.75. The van der Waals surface area contributed by atoms with E-state index in [-0.39, 0.29) is 5.37 Å². The van der Waals surface area contributed by atoms with Crippen molar-refractivity contribution in [3.8, 4) is 0 Å². The molecule has 1 atom stereocenters. The van der Waals surface area contributed by atoms with Crippen LogP contribution in [0.25, 0.3) is 0 Å². The first-order valence-electron chi connectivity index (χ1n) is 4.11. The molecule has 0 saturated carbocycles. The molecule has 2 nitrogen and oxygen atoms in total. The first-order valence-corrected chi connectivity index (χ1v) is 4.99. The van der Waals surface area contributed by atoms with Gasteiger partial charge >= 0.3 is 0 Å². The Balaban J connectivity index is 2.31. The lowest BCUT2D eigenvalue weighted by Crippen LogP contribution is -2.16. The Morgan fingerprint density at radius 3 is 3.17 bits per heavy atom. The first-order chi connectivity index (χ1) is 5.86. The Hall–Kier alpha value is -0.670. The van der Waals surface area contributed by atoms with Gasteiger partial charge in [0.15, 0.2) is 0 Å². The van der Waals surface area contributed by atoms with E-state index in [9.17, 15) is 0 Å². The van der Waals surface area contributed by atoms with E-state index >= 15 is 0 Å². The fraction of sp³-hybridized carbons (Fsp3) is 0.333. The molecule has 0 fully saturated rings. The Morgan fingerprint density at radius 2 is 2.25 bits per heavy atom. The summed E-state index contributed by atoms with van der Waals surface area (Å²) in [6, 6.07) is 8.30. The first kappa shape index (κ1) is 7.95. The lowest BCUT2D eigenvalue weighted by Gasteiger charge is -2.06. The summed E-state index contributed by atoms with van der Waals surface area (Å²) in [6.45, 7) is 0.977. The zero-order valence-corrected chi connectivity index (χ0v) is 7.60. The molecule has 1 aromatic carbocycles. The minimum atomic E-state index is 0.237. The highest BCUT2D eigenvalue weighted by atomic mass is 32.2. The number of nitrogens with two attached hydrogens (primary N) is 1. The third-order valence-electron chi connectivity index (χ3n) is 1.91. The van der Waals surface area contributed by atoms with E-state index in [0.717, 1.165) is 13.0 Å². The van der Waals surface area contributed by atoms with Gasteiger partial charge in [0.1, 0.15) is 0 Å². The van der Waals surface area contributed by atoms with Crippen molar-refractivity contribution in [1.82, 2.24) is 0 Å². The SMILES string of the molecule is N[C@@H]1CCNc2ccccc2S1. The number of nitrogens with one attached hydrogen (secondary N) is 1. The molecule has 0 saturated heterocycles. The van der Waals surface area contributed by atoms with E-state index in [1.54, 1.807) is 11.8 Å². The van der Waals surface area contributed by atoms with Crippen molar-refractivity contribution >= 4 is 17.4 Å². The van der Waals surface area contributed by atoms with E-state index in [4.69, 9.17) is 5.73 Å². The Labute approximate surface area is 76.5 Å². The second-order valence-electron chi connectivity index (χ2n) is 2.87. The largest absolute Gasteiger partial charge is 0.384 e. The molecule has 1 aliphatic rings. The molecule has 0 spiro atoms.